The van der Waals surface area contributed by atoms with Crippen LogP contribution in [0, 0.1) is 0 Å². The molecule has 2 aromatic carbocycles. The smallest absolute Gasteiger partial charge is 0.147 e. The standard InChI is InChI=1S/C23H20N2O/c1-15(19-11-3-7-17-9-5-13-24-21(17)19)23(26)16(2)20-12-4-8-18-10-6-14-25-22(18)20/h3-16H,1-2H3. The van der Waals surface area contributed by atoms with Crippen molar-refractivity contribution in [1.82, 2.24) is 9.97 Å². The molecule has 2 heterocycles. The van der Waals surface area contributed by atoms with Crippen molar-refractivity contribution in [2.45, 2.75) is 25.7 Å². The molecule has 0 aliphatic heterocycles. The van der Waals surface area contributed by atoms with Crippen LogP contribution in [-0.4, -0.2) is 15.8 Å². The number of nitrogens with zero attached hydrogens (tertiary/aromatic N) is 2. The van der Waals surface area contributed by atoms with Crippen LogP contribution in [0.15, 0.2) is 73.1 Å². The number of hydrogen-bond acceptors (Lipinski definition) is 3. The van der Waals surface area contributed by atoms with Gasteiger partial charge in [-0.15, -0.1) is 0 Å². The van der Waals surface area contributed by atoms with E-state index in [-0.39, 0.29) is 17.6 Å². The Bertz CT molecular complexity index is 1010. The van der Waals surface area contributed by atoms with Crippen LogP contribution in [0.5, 0.6) is 0 Å². The molecular formula is C23H20N2O. The number of hydrogen-bond donors (Lipinski definition) is 0. The average Bonchev–Trinajstić information content (AvgIpc) is 2.71. The van der Waals surface area contributed by atoms with Crippen molar-refractivity contribution in [3.05, 3.63) is 84.2 Å². The lowest BCUT2D eigenvalue weighted by atomic mass is 9.84. The first-order valence-corrected chi connectivity index (χ1v) is 8.88. The summed E-state index contributed by atoms with van der Waals surface area (Å²) < 4.78 is 0. The molecule has 0 saturated carbocycles. The highest BCUT2D eigenvalue weighted by molar-refractivity contribution is 5.97. The fraction of sp³-hybridized carbons (Fsp3) is 0.174. The lowest BCUT2D eigenvalue weighted by Gasteiger charge is -2.19. The maximum absolute atomic E-state index is 13.3. The molecule has 3 heteroatoms. The maximum atomic E-state index is 13.3. The Labute approximate surface area is 152 Å². The third-order valence-corrected chi connectivity index (χ3v) is 5.11. The first-order chi connectivity index (χ1) is 12.7. The third-order valence-electron chi connectivity index (χ3n) is 5.11. The van der Waals surface area contributed by atoms with Crippen LogP contribution < -0.4 is 0 Å². The monoisotopic (exact) mass is 340 g/mol. The number of carbonyl (C=O) groups is 1. The molecule has 2 unspecified atom stereocenters. The van der Waals surface area contributed by atoms with E-state index in [0.717, 1.165) is 32.9 Å². The van der Waals surface area contributed by atoms with Gasteiger partial charge in [-0.1, -0.05) is 62.4 Å². The Morgan fingerprint density at radius 3 is 1.58 bits per heavy atom. The fourth-order valence-electron chi connectivity index (χ4n) is 3.64. The van der Waals surface area contributed by atoms with Gasteiger partial charge >= 0.3 is 0 Å². The van der Waals surface area contributed by atoms with E-state index in [1.54, 1.807) is 12.4 Å². The molecule has 128 valence electrons. The average molecular weight is 340 g/mol. The number of carbonyl (C=O) groups excluding carboxylic acids is 1. The van der Waals surface area contributed by atoms with E-state index in [0.29, 0.717) is 0 Å². The zero-order chi connectivity index (χ0) is 18.1. The number of Topliss-reactive ketones (excluding diaryl/α,β-unsaturated/α-hetero) is 1. The molecule has 0 N–H and O–H groups in total. The Morgan fingerprint density at radius 2 is 1.12 bits per heavy atom. The van der Waals surface area contributed by atoms with Gasteiger partial charge in [-0.3, -0.25) is 14.8 Å². The van der Waals surface area contributed by atoms with Gasteiger partial charge in [-0.05, 0) is 23.3 Å². The normalized spacial score (nSPS) is 13.6. The Kier molecular flexibility index (Phi) is 4.21. The van der Waals surface area contributed by atoms with Crippen molar-refractivity contribution >= 4 is 27.6 Å². The number of ketones is 1. The molecule has 0 amide bonds. The largest absolute Gasteiger partial charge is 0.298 e. The summed E-state index contributed by atoms with van der Waals surface area (Å²) in [6, 6.07) is 20.0. The summed E-state index contributed by atoms with van der Waals surface area (Å²) in [7, 11) is 0. The van der Waals surface area contributed by atoms with Crippen molar-refractivity contribution in [2.75, 3.05) is 0 Å². The van der Waals surface area contributed by atoms with Gasteiger partial charge in [0, 0.05) is 35.0 Å². The van der Waals surface area contributed by atoms with Gasteiger partial charge in [0.2, 0.25) is 0 Å². The Balaban J connectivity index is 1.74. The highest BCUT2D eigenvalue weighted by Crippen LogP contribution is 2.32. The summed E-state index contributed by atoms with van der Waals surface area (Å²) in [5.74, 6) is -0.286. The molecule has 2 atom stereocenters. The van der Waals surface area contributed by atoms with Crippen molar-refractivity contribution in [3.63, 3.8) is 0 Å². The Hall–Kier alpha value is -3.07. The summed E-state index contributed by atoms with van der Waals surface area (Å²) in [6.45, 7) is 3.95. The van der Waals surface area contributed by atoms with E-state index in [1.165, 1.54) is 0 Å². The second-order valence-corrected chi connectivity index (χ2v) is 6.69. The number of pyridine rings is 2. The van der Waals surface area contributed by atoms with Gasteiger partial charge in [-0.2, -0.15) is 0 Å². The molecule has 0 saturated heterocycles. The van der Waals surface area contributed by atoms with Gasteiger partial charge in [-0.25, -0.2) is 0 Å². The molecule has 0 fully saturated rings. The number of benzene rings is 2. The summed E-state index contributed by atoms with van der Waals surface area (Å²) in [5, 5.41) is 2.12. The van der Waals surface area contributed by atoms with Crippen LogP contribution in [0.2, 0.25) is 0 Å². The van der Waals surface area contributed by atoms with E-state index in [4.69, 9.17) is 0 Å². The van der Waals surface area contributed by atoms with Gasteiger partial charge in [0.15, 0.2) is 0 Å². The lowest BCUT2D eigenvalue weighted by Crippen LogP contribution is -2.17. The summed E-state index contributed by atoms with van der Waals surface area (Å²) in [5.41, 5.74) is 3.76. The zero-order valence-corrected chi connectivity index (χ0v) is 14.9. The van der Waals surface area contributed by atoms with E-state index in [9.17, 15) is 4.79 Å². The summed E-state index contributed by atoms with van der Waals surface area (Å²) >= 11 is 0. The van der Waals surface area contributed by atoms with Crippen LogP contribution in [0.3, 0.4) is 0 Å². The molecule has 0 aliphatic carbocycles. The van der Waals surface area contributed by atoms with E-state index >= 15 is 0 Å². The van der Waals surface area contributed by atoms with Crippen molar-refractivity contribution in [2.24, 2.45) is 0 Å². The molecule has 2 aromatic heterocycles. The SMILES string of the molecule is CC(C(=O)C(C)c1cccc2cccnc12)c1cccc2cccnc12. The highest BCUT2D eigenvalue weighted by Gasteiger charge is 2.25. The second-order valence-electron chi connectivity index (χ2n) is 6.69. The van der Waals surface area contributed by atoms with E-state index in [1.807, 2.05) is 74.5 Å². The van der Waals surface area contributed by atoms with Gasteiger partial charge < -0.3 is 0 Å². The van der Waals surface area contributed by atoms with Gasteiger partial charge in [0.1, 0.15) is 5.78 Å². The highest BCUT2D eigenvalue weighted by atomic mass is 16.1. The lowest BCUT2D eigenvalue weighted by molar-refractivity contribution is -0.121. The number of para-hydroxylation sites is 2. The number of fused-ring (bicyclic) bond motifs is 2. The van der Waals surface area contributed by atoms with Crippen LogP contribution in [0.1, 0.15) is 36.8 Å². The molecule has 0 aliphatic rings. The first kappa shape index (κ1) is 16.4. The molecule has 3 nitrogen and oxygen atoms in total. The fourth-order valence-corrected chi connectivity index (χ4v) is 3.64. The molecule has 0 spiro atoms. The molecule has 0 radical (unpaired) electrons. The van der Waals surface area contributed by atoms with Crippen LogP contribution in [0.4, 0.5) is 0 Å². The van der Waals surface area contributed by atoms with E-state index in [2.05, 4.69) is 9.97 Å². The van der Waals surface area contributed by atoms with Crippen LogP contribution in [-0.2, 0) is 4.79 Å². The predicted molar refractivity (Wildman–Crippen MR) is 105 cm³/mol. The Morgan fingerprint density at radius 1 is 0.692 bits per heavy atom. The summed E-state index contributed by atoms with van der Waals surface area (Å²) in [4.78, 5) is 22.3. The second kappa shape index (κ2) is 6.68. The van der Waals surface area contributed by atoms with Crippen LogP contribution in [0.25, 0.3) is 21.8 Å². The molecular weight excluding hydrogens is 320 g/mol. The van der Waals surface area contributed by atoms with Crippen molar-refractivity contribution < 1.29 is 4.79 Å². The zero-order valence-electron chi connectivity index (χ0n) is 14.9. The third kappa shape index (κ3) is 2.76. The van der Waals surface area contributed by atoms with E-state index < -0.39 is 0 Å². The van der Waals surface area contributed by atoms with Crippen molar-refractivity contribution in [3.8, 4) is 0 Å². The first-order valence-electron chi connectivity index (χ1n) is 8.88. The molecule has 0 bridgehead atoms. The summed E-state index contributed by atoms with van der Waals surface area (Å²) in [6.07, 6.45) is 3.56. The van der Waals surface area contributed by atoms with Gasteiger partial charge in [0.05, 0.1) is 11.0 Å². The molecule has 26 heavy (non-hydrogen) atoms. The minimum Gasteiger partial charge on any atom is -0.298 e. The number of aromatic nitrogens is 2. The topological polar surface area (TPSA) is 42.9 Å². The molecule has 4 rings (SSSR count). The quantitative estimate of drug-likeness (QED) is 0.509. The maximum Gasteiger partial charge on any atom is 0.147 e. The number of rotatable bonds is 4. The minimum absolute atomic E-state index is 0.182. The minimum atomic E-state index is -0.234. The van der Waals surface area contributed by atoms with Gasteiger partial charge in [0.25, 0.3) is 0 Å². The van der Waals surface area contributed by atoms with Crippen LogP contribution >= 0.6 is 0 Å². The molecule has 4 aromatic rings. The van der Waals surface area contributed by atoms with Crippen molar-refractivity contribution in [1.29, 1.82) is 0 Å². The predicted octanol–water partition coefficient (Wildman–Crippen LogP) is 5.26.